The number of hydrogen-bond donors (Lipinski definition) is 0. The number of fused-ring (bicyclic) bond motifs is 1. The first-order valence-electron chi connectivity index (χ1n) is 11.5. The van der Waals surface area contributed by atoms with E-state index in [1.165, 1.54) is 0 Å². The maximum Gasteiger partial charge on any atom is 0.258 e. The highest BCUT2D eigenvalue weighted by atomic mass is 35.5. The van der Waals surface area contributed by atoms with Crippen molar-refractivity contribution < 1.29 is 14.3 Å². The van der Waals surface area contributed by atoms with Crippen LogP contribution in [-0.2, 0) is 6.61 Å². The zero-order valence-corrected chi connectivity index (χ0v) is 21.4. The summed E-state index contributed by atoms with van der Waals surface area (Å²) in [6.07, 6.45) is -0.115. The molecule has 1 aliphatic heterocycles. The van der Waals surface area contributed by atoms with Crippen LogP contribution in [0.2, 0.25) is 10.0 Å². The quantitative estimate of drug-likeness (QED) is 0.349. The largest absolute Gasteiger partial charge is 0.486 e. The van der Waals surface area contributed by atoms with Crippen molar-refractivity contribution in [3.05, 3.63) is 87.4 Å². The number of hydrogen-bond acceptors (Lipinski definition) is 3. The number of carbonyl (C=O) groups excluding carboxylic acids is 1. The van der Waals surface area contributed by atoms with Crippen molar-refractivity contribution in [3.8, 4) is 11.5 Å². The van der Waals surface area contributed by atoms with Gasteiger partial charge in [0, 0.05) is 5.56 Å². The van der Waals surface area contributed by atoms with Gasteiger partial charge in [-0.15, -0.1) is 0 Å². The second kappa shape index (κ2) is 10.3. The standard InChI is InChI=1S/C28H29Cl2NO3/c1-17(2)21-11-8-12-24-26(21)34-25(18(3)4)15-31(24)28(32)20-13-22(29)27(23(30)14-20)33-16-19-9-6-5-7-10-19/h5-14,17-18,25H,15-16H2,1-4H3. The maximum absolute atomic E-state index is 13.7. The third-order valence-electron chi connectivity index (χ3n) is 6.03. The van der Waals surface area contributed by atoms with Gasteiger partial charge in [-0.05, 0) is 41.2 Å². The molecule has 0 spiro atoms. The fourth-order valence-corrected chi connectivity index (χ4v) is 4.65. The molecule has 0 fully saturated rings. The number of nitrogens with zero attached hydrogens (tertiary/aromatic N) is 1. The molecule has 1 aliphatic rings. The van der Waals surface area contributed by atoms with E-state index in [1.54, 1.807) is 17.0 Å². The van der Waals surface area contributed by atoms with Crippen molar-refractivity contribution in [1.29, 1.82) is 0 Å². The van der Waals surface area contributed by atoms with Crippen molar-refractivity contribution in [1.82, 2.24) is 0 Å². The Morgan fingerprint density at radius 3 is 2.32 bits per heavy atom. The van der Waals surface area contributed by atoms with E-state index in [0.717, 1.165) is 22.6 Å². The minimum Gasteiger partial charge on any atom is -0.486 e. The van der Waals surface area contributed by atoms with E-state index < -0.39 is 0 Å². The van der Waals surface area contributed by atoms with Crippen molar-refractivity contribution >= 4 is 34.8 Å². The van der Waals surface area contributed by atoms with Gasteiger partial charge in [-0.1, -0.05) is 93.4 Å². The minimum absolute atomic E-state index is 0.115. The summed E-state index contributed by atoms with van der Waals surface area (Å²) in [5.41, 5.74) is 3.26. The van der Waals surface area contributed by atoms with E-state index in [9.17, 15) is 4.79 Å². The fraction of sp³-hybridized carbons (Fsp3) is 0.321. The molecule has 4 rings (SSSR count). The molecule has 6 heteroatoms. The molecule has 4 nitrogen and oxygen atoms in total. The van der Waals surface area contributed by atoms with Crippen molar-refractivity contribution in [2.24, 2.45) is 5.92 Å². The zero-order valence-electron chi connectivity index (χ0n) is 19.8. The third-order valence-corrected chi connectivity index (χ3v) is 6.59. The van der Waals surface area contributed by atoms with Crippen LogP contribution in [-0.4, -0.2) is 18.6 Å². The first-order valence-corrected chi connectivity index (χ1v) is 12.3. The minimum atomic E-state index is -0.172. The zero-order chi connectivity index (χ0) is 24.4. The van der Waals surface area contributed by atoms with Gasteiger partial charge in [0.25, 0.3) is 5.91 Å². The lowest BCUT2D eigenvalue weighted by atomic mass is 9.97. The lowest BCUT2D eigenvalue weighted by Gasteiger charge is -2.38. The van der Waals surface area contributed by atoms with Gasteiger partial charge in [-0.3, -0.25) is 4.79 Å². The first kappa shape index (κ1) is 24.4. The average molecular weight is 498 g/mol. The predicted octanol–water partition coefficient (Wildman–Crippen LogP) is 7.76. The Balaban J connectivity index is 1.65. The van der Waals surface area contributed by atoms with Gasteiger partial charge < -0.3 is 14.4 Å². The molecule has 178 valence electrons. The summed E-state index contributed by atoms with van der Waals surface area (Å²) >= 11 is 13.1. The topological polar surface area (TPSA) is 38.8 Å². The number of carbonyl (C=O) groups is 1. The Hall–Kier alpha value is -2.69. The predicted molar refractivity (Wildman–Crippen MR) is 139 cm³/mol. The van der Waals surface area contributed by atoms with Crippen molar-refractivity contribution in [3.63, 3.8) is 0 Å². The summed E-state index contributed by atoms with van der Waals surface area (Å²) in [7, 11) is 0. The van der Waals surface area contributed by atoms with Crippen LogP contribution >= 0.6 is 23.2 Å². The molecule has 0 bridgehead atoms. The highest BCUT2D eigenvalue weighted by Crippen LogP contribution is 2.42. The highest BCUT2D eigenvalue weighted by molar-refractivity contribution is 6.37. The number of ether oxygens (including phenoxy) is 2. The van der Waals surface area contributed by atoms with Crippen LogP contribution in [0.5, 0.6) is 11.5 Å². The number of rotatable bonds is 6. The second-order valence-electron chi connectivity index (χ2n) is 9.21. The van der Waals surface area contributed by atoms with Crippen LogP contribution in [0.3, 0.4) is 0 Å². The summed E-state index contributed by atoms with van der Waals surface area (Å²) in [5.74, 6) is 1.48. The summed E-state index contributed by atoms with van der Waals surface area (Å²) in [5, 5.41) is 0.605. The van der Waals surface area contributed by atoms with Gasteiger partial charge in [-0.2, -0.15) is 0 Å². The molecule has 0 aromatic heterocycles. The van der Waals surface area contributed by atoms with Crippen LogP contribution in [0.15, 0.2) is 60.7 Å². The van der Waals surface area contributed by atoms with Crippen LogP contribution in [0.25, 0.3) is 0 Å². The average Bonchev–Trinajstić information content (AvgIpc) is 2.82. The van der Waals surface area contributed by atoms with Gasteiger partial charge in [0.2, 0.25) is 0 Å². The van der Waals surface area contributed by atoms with E-state index in [4.69, 9.17) is 32.7 Å². The SMILES string of the molecule is CC(C)c1cccc2c1OC(C(C)C)CN2C(=O)c1cc(Cl)c(OCc2ccccc2)c(Cl)c1. The summed E-state index contributed by atoms with van der Waals surface area (Å²) in [4.78, 5) is 15.5. The molecule has 0 saturated heterocycles. The molecule has 0 N–H and O–H groups in total. The monoisotopic (exact) mass is 497 g/mol. The van der Waals surface area contributed by atoms with Gasteiger partial charge in [0.1, 0.15) is 18.5 Å². The lowest BCUT2D eigenvalue weighted by Crippen LogP contribution is -2.46. The number of para-hydroxylation sites is 1. The molecule has 3 aromatic rings. The molecule has 34 heavy (non-hydrogen) atoms. The molecular formula is C28H29Cl2NO3. The van der Waals surface area contributed by atoms with Gasteiger partial charge in [0.15, 0.2) is 5.75 Å². The third kappa shape index (κ3) is 5.03. The van der Waals surface area contributed by atoms with E-state index in [0.29, 0.717) is 34.5 Å². The van der Waals surface area contributed by atoms with Crippen LogP contribution in [0.1, 0.15) is 55.1 Å². The molecule has 1 amide bonds. The Morgan fingerprint density at radius 1 is 1.03 bits per heavy atom. The fourth-order valence-electron chi connectivity index (χ4n) is 4.05. The lowest BCUT2D eigenvalue weighted by molar-refractivity contribution is 0.0927. The summed E-state index contributed by atoms with van der Waals surface area (Å²) in [6, 6.07) is 19.0. The Labute approximate surface area is 211 Å². The molecule has 0 saturated carbocycles. The van der Waals surface area contributed by atoms with E-state index in [-0.39, 0.29) is 23.8 Å². The van der Waals surface area contributed by atoms with Crippen LogP contribution in [0.4, 0.5) is 5.69 Å². The van der Waals surface area contributed by atoms with Crippen molar-refractivity contribution in [2.45, 2.75) is 46.3 Å². The Morgan fingerprint density at radius 2 is 1.71 bits per heavy atom. The highest BCUT2D eigenvalue weighted by Gasteiger charge is 2.34. The molecule has 0 aliphatic carbocycles. The van der Waals surface area contributed by atoms with Crippen LogP contribution < -0.4 is 14.4 Å². The van der Waals surface area contributed by atoms with Crippen LogP contribution in [0, 0.1) is 5.92 Å². The van der Waals surface area contributed by atoms with Crippen molar-refractivity contribution in [2.75, 3.05) is 11.4 Å². The summed E-state index contributed by atoms with van der Waals surface area (Å²) < 4.78 is 12.2. The Bertz CT molecular complexity index is 1150. The second-order valence-corrected chi connectivity index (χ2v) is 10.0. The maximum atomic E-state index is 13.7. The van der Waals surface area contributed by atoms with E-state index >= 15 is 0 Å². The molecule has 3 aromatic carbocycles. The normalized spacial score (nSPS) is 15.3. The van der Waals surface area contributed by atoms with Gasteiger partial charge in [-0.25, -0.2) is 0 Å². The number of amides is 1. The number of anilines is 1. The van der Waals surface area contributed by atoms with E-state index in [1.807, 2.05) is 42.5 Å². The van der Waals surface area contributed by atoms with Gasteiger partial charge in [0.05, 0.1) is 22.3 Å². The number of halogens is 2. The summed E-state index contributed by atoms with van der Waals surface area (Å²) in [6.45, 7) is 9.23. The number of benzene rings is 3. The van der Waals surface area contributed by atoms with Gasteiger partial charge >= 0.3 is 0 Å². The molecule has 1 heterocycles. The molecular weight excluding hydrogens is 469 g/mol. The molecule has 1 unspecified atom stereocenters. The smallest absolute Gasteiger partial charge is 0.258 e. The molecule has 0 radical (unpaired) electrons. The Kier molecular flexibility index (Phi) is 7.39. The molecule has 1 atom stereocenters. The van der Waals surface area contributed by atoms with E-state index in [2.05, 4.69) is 33.8 Å². The first-order chi connectivity index (χ1) is 16.3.